The smallest absolute Gasteiger partial charge is 0.168 e. The molecule has 12 heavy (non-hydrogen) atoms. The van der Waals surface area contributed by atoms with Gasteiger partial charge in [0.25, 0.3) is 0 Å². The molecule has 0 amide bonds. The summed E-state index contributed by atoms with van der Waals surface area (Å²) in [7, 11) is 1.32. The van der Waals surface area contributed by atoms with E-state index in [0.717, 1.165) is 6.07 Å². The van der Waals surface area contributed by atoms with Crippen molar-refractivity contribution >= 4 is 0 Å². The van der Waals surface area contributed by atoms with Crippen LogP contribution in [0.3, 0.4) is 0 Å². The van der Waals surface area contributed by atoms with Crippen LogP contribution in [0.4, 0.5) is 4.39 Å². The number of aromatic hydroxyl groups is 1. The Morgan fingerprint density at radius 3 is 2.67 bits per heavy atom. The van der Waals surface area contributed by atoms with Gasteiger partial charge in [-0.2, -0.15) is 0 Å². The maximum absolute atomic E-state index is 12.8. The zero-order valence-electron chi connectivity index (χ0n) is 6.54. The topological polar surface area (TPSA) is 49.7 Å². The lowest BCUT2D eigenvalue weighted by Crippen LogP contribution is -1.91. The van der Waals surface area contributed by atoms with Gasteiger partial charge in [-0.15, -0.1) is 0 Å². The number of phenols is 1. The molecule has 2 N–H and O–H groups in total. The van der Waals surface area contributed by atoms with E-state index >= 15 is 0 Å². The predicted molar refractivity (Wildman–Crippen MR) is 40.5 cm³/mol. The highest BCUT2D eigenvalue weighted by atomic mass is 19.1. The lowest BCUT2D eigenvalue weighted by molar-refractivity contribution is 0.273. The molecule has 0 aliphatic heterocycles. The Hall–Kier alpha value is -1.29. The summed E-state index contributed by atoms with van der Waals surface area (Å²) in [5.41, 5.74) is 0.244. The Balaban J connectivity index is 3.18. The minimum absolute atomic E-state index is 0.0110. The fraction of sp³-hybridized carbons (Fsp3) is 0.250. The van der Waals surface area contributed by atoms with Crippen molar-refractivity contribution in [3.63, 3.8) is 0 Å². The zero-order chi connectivity index (χ0) is 9.14. The Labute approximate surface area is 69.0 Å². The summed E-state index contributed by atoms with van der Waals surface area (Å²) in [5, 5.41) is 17.7. The largest absolute Gasteiger partial charge is 0.507 e. The number of benzene rings is 1. The molecule has 0 aliphatic carbocycles. The van der Waals surface area contributed by atoms with Crippen LogP contribution in [0.5, 0.6) is 11.5 Å². The van der Waals surface area contributed by atoms with Crippen LogP contribution < -0.4 is 4.74 Å². The van der Waals surface area contributed by atoms with Gasteiger partial charge in [-0.1, -0.05) is 0 Å². The fourth-order valence-electron chi connectivity index (χ4n) is 0.868. The number of halogens is 1. The van der Waals surface area contributed by atoms with E-state index in [1.807, 2.05) is 0 Å². The van der Waals surface area contributed by atoms with E-state index in [0.29, 0.717) is 0 Å². The first-order valence-corrected chi connectivity index (χ1v) is 3.35. The van der Waals surface area contributed by atoms with E-state index in [1.165, 1.54) is 13.2 Å². The summed E-state index contributed by atoms with van der Waals surface area (Å²) < 4.78 is 17.4. The lowest BCUT2D eigenvalue weighted by atomic mass is 10.2. The Morgan fingerprint density at radius 2 is 2.17 bits per heavy atom. The van der Waals surface area contributed by atoms with E-state index in [4.69, 9.17) is 10.2 Å². The van der Waals surface area contributed by atoms with Crippen molar-refractivity contribution in [3.8, 4) is 11.5 Å². The second kappa shape index (κ2) is 3.40. The summed E-state index contributed by atoms with van der Waals surface area (Å²) in [4.78, 5) is 0. The van der Waals surface area contributed by atoms with Crippen LogP contribution in [-0.4, -0.2) is 17.3 Å². The molecule has 4 heteroatoms. The molecule has 0 radical (unpaired) electrons. The maximum atomic E-state index is 12.8. The van der Waals surface area contributed by atoms with Gasteiger partial charge in [0.1, 0.15) is 5.75 Å². The minimum Gasteiger partial charge on any atom is -0.507 e. The summed E-state index contributed by atoms with van der Waals surface area (Å²) in [5.74, 6) is -0.903. The Morgan fingerprint density at radius 1 is 1.50 bits per heavy atom. The van der Waals surface area contributed by atoms with E-state index in [9.17, 15) is 4.39 Å². The molecule has 0 spiro atoms. The minimum atomic E-state index is -0.646. The van der Waals surface area contributed by atoms with Crippen LogP contribution in [0.25, 0.3) is 0 Å². The third-order valence-electron chi connectivity index (χ3n) is 1.52. The van der Waals surface area contributed by atoms with Gasteiger partial charge in [-0.3, -0.25) is 0 Å². The molecule has 1 rings (SSSR count). The number of hydrogen-bond donors (Lipinski definition) is 2. The van der Waals surface area contributed by atoms with Crippen LogP contribution in [0.2, 0.25) is 0 Å². The Kier molecular flexibility index (Phi) is 2.50. The zero-order valence-corrected chi connectivity index (χ0v) is 6.54. The van der Waals surface area contributed by atoms with Gasteiger partial charge in [-0.05, 0) is 6.07 Å². The molecular formula is C8H9FO3. The first kappa shape index (κ1) is 8.80. The van der Waals surface area contributed by atoms with E-state index in [-0.39, 0.29) is 23.7 Å². The SMILES string of the molecule is COc1cc(CO)c(O)cc1F. The summed E-state index contributed by atoms with van der Waals surface area (Å²) in [6.45, 7) is -0.345. The van der Waals surface area contributed by atoms with Crippen LogP contribution in [0, 0.1) is 5.82 Å². The molecule has 3 nitrogen and oxygen atoms in total. The molecule has 0 saturated carbocycles. The van der Waals surface area contributed by atoms with Crippen molar-refractivity contribution in [2.45, 2.75) is 6.61 Å². The van der Waals surface area contributed by atoms with Crippen molar-refractivity contribution in [3.05, 3.63) is 23.5 Å². The Bertz CT molecular complexity index is 261. The lowest BCUT2D eigenvalue weighted by Gasteiger charge is -2.05. The highest BCUT2D eigenvalue weighted by Gasteiger charge is 2.08. The van der Waals surface area contributed by atoms with Crippen molar-refractivity contribution < 1.29 is 19.3 Å². The van der Waals surface area contributed by atoms with Crippen LogP contribution >= 0.6 is 0 Å². The van der Waals surface area contributed by atoms with E-state index in [2.05, 4.69) is 4.74 Å². The highest BCUT2D eigenvalue weighted by Crippen LogP contribution is 2.26. The molecule has 0 atom stereocenters. The third-order valence-corrected chi connectivity index (χ3v) is 1.52. The fourth-order valence-corrected chi connectivity index (χ4v) is 0.868. The summed E-state index contributed by atoms with van der Waals surface area (Å²) in [6.07, 6.45) is 0. The third kappa shape index (κ3) is 1.48. The molecule has 0 unspecified atom stereocenters. The van der Waals surface area contributed by atoms with Crippen LogP contribution in [0.15, 0.2) is 12.1 Å². The molecule has 0 fully saturated rings. The molecule has 0 aromatic heterocycles. The normalized spacial score (nSPS) is 9.92. The van der Waals surface area contributed by atoms with Gasteiger partial charge in [0, 0.05) is 11.6 Å². The second-order valence-electron chi connectivity index (χ2n) is 2.27. The number of methoxy groups -OCH3 is 1. The molecule has 0 saturated heterocycles. The highest BCUT2D eigenvalue weighted by molar-refractivity contribution is 5.40. The summed E-state index contributed by atoms with van der Waals surface area (Å²) in [6, 6.07) is 2.16. The molecule has 0 heterocycles. The number of aliphatic hydroxyl groups is 1. The van der Waals surface area contributed by atoms with Gasteiger partial charge in [0.2, 0.25) is 0 Å². The average molecular weight is 172 g/mol. The monoisotopic (exact) mass is 172 g/mol. The van der Waals surface area contributed by atoms with E-state index < -0.39 is 5.82 Å². The van der Waals surface area contributed by atoms with Gasteiger partial charge < -0.3 is 14.9 Å². The first-order valence-electron chi connectivity index (χ1n) is 3.35. The predicted octanol–water partition coefficient (Wildman–Crippen LogP) is 1.03. The van der Waals surface area contributed by atoms with Crippen molar-refractivity contribution in [2.24, 2.45) is 0 Å². The molecular weight excluding hydrogens is 163 g/mol. The maximum Gasteiger partial charge on any atom is 0.168 e. The van der Waals surface area contributed by atoms with Crippen molar-refractivity contribution in [2.75, 3.05) is 7.11 Å². The molecule has 1 aromatic rings. The van der Waals surface area contributed by atoms with Gasteiger partial charge in [0.05, 0.1) is 13.7 Å². The van der Waals surface area contributed by atoms with Gasteiger partial charge in [0.15, 0.2) is 11.6 Å². The standard InChI is InChI=1S/C8H9FO3/c1-12-8-2-5(4-10)7(11)3-6(8)9/h2-3,10-11H,4H2,1H3. The molecule has 0 aliphatic rings. The second-order valence-corrected chi connectivity index (χ2v) is 2.27. The van der Waals surface area contributed by atoms with Gasteiger partial charge in [-0.25, -0.2) is 4.39 Å². The van der Waals surface area contributed by atoms with Crippen LogP contribution in [-0.2, 0) is 6.61 Å². The van der Waals surface area contributed by atoms with Gasteiger partial charge >= 0.3 is 0 Å². The van der Waals surface area contributed by atoms with Crippen molar-refractivity contribution in [1.29, 1.82) is 0 Å². The molecule has 0 bridgehead atoms. The number of hydrogen-bond acceptors (Lipinski definition) is 3. The number of ether oxygens (including phenoxy) is 1. The quantitative estimate of drug-likeness (QED) is 0.700. The van der Waals surface area contributed by atoms with E-state index in [1.54, 1.807) is 0 Å². The summed E-state index contributed by atoms with van der Waals surface area (Å²) >= 11 is 0. The van der Waals surface area contributed by atoms with Crippen molar-refractivity contribution in [1.82, 2.24) is 0 Å². The first-order chi connectivity index (χ1) is 5.69. The van der Waals surface area contributed by atoms with Crippen LogP contribution in [0.1, 0.15) is 5.56 Å². The molecule has 66 valence electrons. The number of rotatable bonds is 2. The number of aliphatic hydroxyl groups excluding tert-OH is 1. The average Bonchev–Trinajstić information content (AvgIpc) is 2.05. The molecule has 1 aromatic carbocycles.